The normalized spacial score (nSPS) is 15.6. The van der Waals surface area contributed by atoms with Gasteiger partial charge in [0.05, 0.1) is 29.1 Å². The second-order valence-corrected chi connectivity index (χ2v) is 6.02. The maximum absolute atomic E-state index is 12.1. The number of carbonyl (C=O) groups is 3. The second kappa shape index (κ2) is 6.67. The summed E-state index contributed by atoms with van der Waals surface area (Å²) in [6, 6.07) is 12.1. The van der Waals surface area contributed by atoms with Crippen LogP contribution in [-0.2, 0) is 9.59 Å². The minimum atomic E-state index is -1.51. The standard InChI is InChI=1S/C17H10N2O5S/c18-8-10-1-3-11(4-2-10)13-6-5-12(24-13)7-14-16(22)19(9-15(20)21)17(23)25-14/h1-7H,9H2,(H,20,21)/p-1/b14-7-. The molecule has 1 aromatic carbocycles. The minimum Gasteiger partial charge on any atom is -0.548 e. The highest BCUT2D eigenvalue weighted by molar-refractivity contribution is 8.18. The number of imide groups is 1. The van der Waals surface area contributed by atoms with Crippen molar-refractivity contribution in [2.75, 3.05) is 6.54 Å². The molecule has 8 heteroatoms. The molecule has 25 heavy (non-hydrogen) atoms. The maximum Gasteiger partial charge on any atom is 0.293 e. The lowest BCUT2D eigenvalue weighted by molar-refractivity contribution is -0.305. The van der Waals surface area contributed by atoms with Crippen molar-refractivity contribution in [2.24, 2.45) is 0 Å². The first-order valence-electron chi connectivity index (χ1n) is 7.03. The fourth-order valence-corrected chi connectivity index (χ4v) is 3.01. The molecule has 3 rings (SSSR count). The number of aliphatic carboxylic acids is 1. The zero-order valence-electron chi connectivity index (χ0n) is 12.6. The number of nitrogens with zero attached hydrogens (tertiary/aromatic N) is 2. The zero-order valence-corrected chi connectivity index (χ0v) is 13.4. The van der Waals surface area contributed by atoms with Crippen LogP contribution in [0.4, 0.5) is 4.79 Å². The molecule has 2 aromatic rings. The summed E-state index contributed by atoms with van der Waals surface area (Å²) in [5.41, 5.74) is 1.28. The molecule has 0 saturated carbocycles. The van der Waals surface area contributed by atoms with Gasteiger partial charge in [-0.05, 0) is 48.2 Å². The Labute approximate surface area is 146 Å². The molecule has 2 amide bonds. The van der Waals surface area contributed by atoms with Crippen LogP contribution in [0.3, 0.4) is 0 Å². The molecule has 0 spiro atoms. The van der Waals surface area contributed by atoms with Gasteiger partial charge >= 0.3 is 0 Å². The molecule has 7 nitrogen and oxygen atoms in total. The van der Waals surface area contributed by atoms with Gasteiger partial charge in [0, 0.05) is 11.6 Å². The Morgan fingerprint density at radius 2 is 1.96 bits per heavy atom. The van der Waals surface area contributed by atoms with E-state index in [4.69, 9.17) is 9.68 Å². The van der Waals surface area contributed by atoms with Crippen LogP contribution >= 0.6 is 11.8 Å². The Morgan fingerprint density at radius 1 is 1.24 bits per heavy atom. The summed E-state index contributed by atoms with van der Waals surface area (Å²) in [6.07, 6.45) is 1.38. The second-order valence-electron chi connectivity index (χ2n) is 5.03. The molecular formula is C17H9N2O5S-. The molecule has 0 aliphatic carbocycles. The number of nitriles is 1. The van der Waals surface area contributed by atoms with E-state index in [1.54, 1.807) is 36.4 Å². The van der Waals surface area contributed by atoms with Crippen molar-refractivity contribution in [3.05, 3.63) is 52.6 Å². The molecule has 1 aliphatic rings. The largest absolute Gasteiger partial charge is 0.548 e. The number of carbonyl (C=O) groups excluding carboxylic acids is 3. The third-order valence-electron chi connectivity index (χ3n) is 3.36. The summed E-state index contributed by atoms with van der Waals surface area (Å²) in [7, 11) is 0. The van der Waals surface area contributed by atoms with Gasteiger partial charge in [0.25, 0.3) is 11.1 Å². The summed E-state index contributed by atoms with van der Waals surface area (Å²) in [6.45, 7) is -0.781. The van der Waals surface area contributed by atoms with E-state index < -0.39 is 23.7 Å². The van der Waals surface area contributed by atoms with E-state index in [2.05, 4.69) is 0 Å². The number of hydrogen-bond acceptors (Lipinski definition) is 7. The van der Waals surface area contributed by atoms with E-state index >= 15 is 0 Å². The quantitative estimate of drug-likeness (QED) is 0.767. The van der Waals surface area contributed by atoms with Crippen LogP contribution in [0.2, 0.25) is 0 Å². The molecule has 0 atom stereocenters. The van der Waals surface area contributed by atoms with Crippen molar-refractivity contribution in [3.8, 4) is 17.4 Å². The minimum absolute atomic E-state index is 0.0759. The molecule has 0 N–H and O–H groups in total. The van der Waals surface area contributed by atoms with E-state index in [1.165, 1.54) is 6.08 Å². The number of carboxylic acids is 1. The van der Waals surface area contributed by atoms with Crippen LogP contribution in [0.15, 0.2) is 45.7 Å². The molecule has 0 bridgehead atoms. The summed E-state index contributed by atoms with van der Waals surface area (Å²) >= 11 is 0.640. The molecule has 0 radical (unpaired) electrons. The van der Waals surface area contributed by atoms with Crippen LogP contribution < -0.4 is 5.11 Å². The molecule has 124 valence electrons. The van der Waals surface area contributed by atoms with Gasteiger partial charge in [-0.2, -0.15) is 5.26 Å². The van der Waals surface area contributed by atoms with Gasteiger partial charge in [0.1, 0.15) is 11.5 Å². The number of rotatable bonds is 4. The summed E-state index contributed by atoms with van der Waals surface area (Å²) < 4.78 is 5.62. The van der Waals surface area contributed by atoms with E-state index in [9.17, 15) is 19.5 Å². The van der Waals surface area contributed by atoms with E-state index in [0.717, 1.165) is 5.56 Å². The Hall–Kier alpha value is -3.31. The average molecular weight is 353 g/mol. The van der Waals surface area contributed by atoms with Gasteiger partial charge in [0.15, 0.2) is 0 Å². The molecule has 1 aromatic heterocycles. The Kier molecular flexibility index (Phi) is 4.41. The van der Waals surface area contributed by atoms with Crippen LogP contribution in [0.1, 0.15) is 11.3 Å². The number of furan rings is 1. The number of carboxylic acid groups (broad SMARTS) is 1. The molecule has 1 fully saturated rings. The van der Waals surface area contributed by atoms with Gasteiger partial charge in [-0.1, -0.05) is 0 Å². The molecule has 2 heterocycles. The molecule has 0 unspecified atom stereocenters. The van der Waals surface area contributed by atoms with Gasteiger partial charge < -0.3 is 14.3 Å². The van der Waals surface area contributed by atoms with E-state index in [-0.39, 0.29) is 4.91 Å². The lowest BCUT2D eigenvalue weighted by Gasteiger charge is -2.11. The first-order chi connectivity index (χ1) is 12.0. The van der Waals surface area contributed by atoms with Gasteiger partial charge in [-0.3, -0.25) is 14.5 Å². The summed E-state index contributed by atoms with van der Waals surface area (Å²) in [5, 5.41) is 18.7. The third kappa shape index (κ3) is 3.46. The zero-order chi connectivity index (χ0) is 18.0. The number of amides is 2. The highest BCUT2D eigenvalue weighted by Gasteiger charge is 2.35. The topological polar surface area (TPSA) is 114 Å². The summed E-state index contributed by atoms with van der Waals surface area (Å²) in [5.74, 6) is -1.33. The predicted molar refractivity (Wildman–Crippen MR) is 86.5 cm³/mol. The van der Waals surface area contributed by atoms with Crippen LogP contribution in [0, 0.1) is 11.3 Å². The fraction of sp³-hybridized carbons (Fsp3) is 0.0588. The Bertz CT molecular complexity index is 937. The first kappa shape index (κ1) is 16.5. The lowest BCUT2D eigenvalue weighted by atomic mass is 10.1. The highest BCUT2D eigenvalue weighted by atomic mass is 32.2. The van der Waals surface area contributed by atoms with Crippen LogP contribution in [0.5, 0.6) is 0 Å². The predicted octanol–water partition coefficient (Wildman–Crippen LogP) is 1.60. The van der Waals surface area contributed by atoms with Crippen molar-refractivity contribution in [1.29, 1.82) is 5.26 Å². The first-order valence-corrected chi connectivity index (χ1v) is 7.85. The van der Waals surface area contributed by atoms with Gasteiger partial charge in [-0.15, -0.1) is 0 Å². The van der Waals surface area contributed by atoms with Gasteiger partial charge in [0.2, 0.25) is 0 Å². The van der Waals surface area contributed by atoms with Crippen LogP contribution in [-0.4, -0.2) is 28.6 Å². The number of thioether (sulfide) groups is 1. The van der Waals surface area contributed by atoms with E-state index in [0.29, 0.717) is 33.7 Å². The Balaban J connectivity index is 1.82. The van der Waals surface area contributed by atoms with Crippen molar-refractivity contribution >= 4 is 35.0 Å². The summed E-state index contributed by atoms with van der Waals surface area (Å²) in [4.78, 5) is 35.0. The van der Waals surface area contributed by atoms with Crippen molar-refractivity contribution in [1.82, 2.24) is 4.90 Å². The van der Waals surface area contributed by atoms with Gasteiger partial charge in [-0.25, -0.2) is 0 Å². The van der Waals surface area contributed by atoms with E-state index in [1.807, 2.05) is 6.07 Å². The van der Waals surface area contributed by atoms with Crippen molar-refractivity contribution < 1.29 is 23.9 Å². The fourth-order valence-electron chi connectivity index (χ4n) is 2.19. The maximum atomic E-state index is 12.1. The smallest absolute Gasteiger partial charge is 0.293 e. The lowest BCUT2D eigenvalue weighted by Crippen LogP contribution is -2.40. The monoisotopic (exact) mass is 353 g/mol. The molecule has 1 aliphatic heterocycles. The number of benzene rings is 1. The third-order valence-corrected chi connectivity index (χ3v) is 4.27. The molecular weight excluding hydrogens is 344 g/mol. The van der Waals surface area contributed by atoms with Crippen molar-refractivity contribution in [2.45, 2.75) is 0 Å². The van der Waals surface area contributed by atoms with Crippen LogP contribution in [0.25, 0.3) is 17.4 Å². The Morgan fingerprint density at radius 3 is 2.60 bits per heavy atom. The van der Waals surface area contributed by atoms with Crippen molar-refractivity contribution in [3.63, 3.8) is 0 Å². The highest BCUT2D eigenvalue weighted by Crippen LogP contribution is 2.33. The number of hydrogen-bond donors (Lipinski definition) is 0. The molecule has 1 saturated heterocycles. The average Bonchev–Trinajstić information content (AvgIpc) is 3.15. The SMILES string of the molecule is N#Cc1ccc(-c2ccc(/C=C3\SC(=O)N(CC(=O)[O-])C3=O)o2)cc1.